The number of benzene rings is 1. The molecule has 5 nitrogen and oxygen atoms in total. The third-order valence-electron chi connectivity index (χ3n) is 2.40. The summed E-state index contributed by atoms with van der Waals surface area (Å²) in [5.41, 5.74) is 0.431. The van der Waals surface area contributed by atoms with E-state index < -0.39 is 0 Å². The van der Waals surface area contributed by atoms with E-state index in [0.717, 1.165) is 10.8 Å². The molecule has 1 aromatic heterocycles. The van der Waals surface area contributed by atoms with Gasteiger partial charge >= 0.3 is 0 Å². The third kappa shape index (κ3) is 2.21. The average Bonchev–Trinajstić information content (AvgIpc) is 2.40. The standard InChI is InChI=1S/C13H8N4O/c14-5-9(6-15)7-16-12-3-1-2-10-8-17-13(18)4-11(10)12/h1-4,7-8,16H,(H,17,18). The van der Waals surface area contributed by atoms with Crippen LogP contribution < -0.4 is 10.9 Å². The van der Waals surface area contributed by atoms with E-state index >= 15 is 0 Å². The Hall–Kier alpha value is -3.05. The Morgan fingerprint density at radius 3 is 2.83 bits per heavy atom. The second kappa shape index (κ2) is 4.86. The molecule has 2 aromatic rings. The Morgan fingerprint density at radius 1 is 1.33 bits per heavy atom. The van der Waals surface area contributed by atoms with Gasteiger partial charge in [-0.15, -0.1) is 0 Å². The molecule has 0 amide bonds. The van der Waals surface area contributed by atoms with Crippen molar-refractivity contribution >= 4 is 16.5 Å². The summed E-state index contributed by atoms with van der Waals surface area (Å²) in [5.74, 6) is 0. The molecule has 0 bridgehead atoms. The molecule has 0 spiro atoms. The number of nitrogens with zero attached hydrogens (tertiary/aromatic N) is 2. The van der Waals surface area contributed by atoms with Crippen LogP contribution in [-0.2, 0) is 0 Å². The van der Waals surface area contributed by atoms with Gasteiger partial charge in [-0.05, 0) is 6.07 Å². The van der Waals surface area contributed by atoms with Crippen LogP contribution in [0.2, 0.25) is 0 Å². The van der Waals surface area contributed by atoms with Gasteiger partial charge < -0.3 is 10.3 Å². The van der Waals surface area contributed by atoms with Crippen LogP contribution in [-0.4, -0.2) is 4.98 Å². The summed E-state index contributed by atoms with van der Waals surface area (Å²) in [6.07, 6.45) is 2.93. The molecule has 1 aromatic carbocycles. The summed E-state index contributed by atoms with van der Waals surface area (Å²) in [4.78, 5) is 13.9. The van der Waals surface area contributed by atoms with E-state index in [1.54, 1.807) is 24.4 Å². The first-order chi connectivity index (χ1) is 8.74. The number of hydrogen-bond acceptors (Lipinski definition) is 4. The van der Waals surface area contributed by atoms with Crippen molar-refractivity contribution in [3.8, 4) is 12.1 Å². The highest BCUT2D eigenvalue weighted by Crippen LogP contribution is 2.21. The van der Waals surface area contributed by atoms with Gasteiger partial charge in [-0.3, -0.25) is 4.79 Å². The second-order valence-electron chi connectivity index (χ2n) is 3.53. The minimum absolute atomic E-state index is 0.0307. The third-order valence-corrected chi connectivity index (χ3v) is 2.40. The van der Waals surface area contributed by atoms with E-state index in [-0.39, 0.29) is 11.1 Å². The van der Waals surface area contributed by atoms with Gasteiger partial charge in [0, 0.05) is 34.9 Å². The summed E-state index contributed by atoms with van der Waals surface area (Å²) in [5, 5.41) is 21.7. The fourth-order valence-electron chi connectivity index (χ4n) is 1.56. The number of rotatable bonds is 2. The first-order valence-electron chi connectivity index (χ1n) is 5.13. The van der Waals surface area contributed by atoms with Crippen LogP contribution in [0.15, 0.2) is 47.0 Å². The van der Waals surface area contributed by atoms with Gasteiger partial charge in [0.25, 0.3) is 0 Å². The van der Waals surface area contributed by atoms with Gasteiger partial charge in [0.2, 0.25) is 5.56 Å². The molecule has 0 atom stereocenters. The smallest absolute Gasteiger partial charge is 0.248 e. The van der Waals surface area contributed by atoms with Crippen molar-refractivity contribution < 1.29 is 0 Å². The predicted octanol–water partition coefficient (Wildman–Crippen LogP) is 1.87. The van der Waals surface area contributed by atoms with Gasteiger partial charge in [0.1, 0.15) is 17.7 Å². The Balaban J connectivity index is 2.50. The fourth-order valence-corrected chi connectivity index (χ4v) is 1.56. The van der Waals surface area contributed by atoms with Crippen molar-refractivity contribution in [1.29, 1.82) is 10.5 Å². The van der Waals surface area contributed by atoms with Crippen molar-refractivity contribution in [1.82, 2.24) is 4.98 Å². The maximum Gasteiger partial charge on any atom is 0.248 e. The van der Waals surface area contributed by atoms with Crippen LogP contribution in [0.5, 0.6) is 0 Å². The maximum atomic E-state index is 11.3. The molecule has 0 aliphatic carbocycles. The molecule has 0 saturated heterocycles. The molecule has 5 heteroatoms. The molecule has 18 heavy (non-hydrogen) atoms. The van der Waals surface area contributed by atoms with E-state index in [0.29, 0.717) is 5.69 Å². The Morgan fingerprint density at radius 2 is 2.11 bits per heavy atom. The van der Waals surface area contributed by atoms with Crippen LogP contribution in [0, 0.1) is 22.7 Å². The van der Waals surface area contributed by atoms with Crippen LogP contribution in [0.1, 0.15) is 0 Å². The lowest BCUT2D eigenvalue weighted by Gasteiger charge is -2.05. The summed E-state index contributed by atoms with van der Waals surface area (Å²) < 4.78 is 0. The highest BCUT2D eigenvalue weighted by atomic mass is 16.1. The van der Waals surface area contributed by atoms with Gasteiger partial charge in [-0.25, -0.2) is 0 Å². The second-order valence-corrected chi connectivity index (χ2v) is 3.53. The topological polar surface area (TPSA) is 92.5 Å². The van der Waals surface area contributed by atoms with Crippen molar-refractivity contribution in [2.75, 3.05) is 5.32 Å². The van der Waals surface area contributed by atoms with Crippen LogP contribution >= 0.6 is 0 Å². The highest BCUT2D eigenvalue weighted by molar-refractivity contribution is 5.93. The number of nitriles is 2. The lowest BCUT2D eigenvalue weighted by atomic mass is 10.1. The Labute approximate surface area is 103 Å². The Kier molecular flexibility index (Phi) is 3.08. The number of hydrogen-bond donors (Lipinski definition) is 2. The molecule has 0 saturated carbocycles. The molecule has 86 valence electrons. The molecule has 2 N–H and O–H groups in total. The Bertz CT molecular complexity index is 743. The fraction of sp³-hybridized carbons (Fsp3) is 0. The monoisotopic (exact) mass is 236 g/mol. The molecular weight excluding hydrogens is 228 g/mol. The number of anilines is 1. The van der Waals surface area contributed by atoms with Crippen molar-refractivity contribution in [2.24, 2.45) is 0 Å². The van der Waals surface area contributed by atoms with Gasteiger partial charge in [0.05, 0.1) is 0 Å². The first kappa shape index (κ1) is 11.4. The highest BCUT2D eigenvalue weighted by Gasteiger charge is 2.00. The number of aromatic nitrogens is 1. The van der Waals surface area contributed by atoms with E-state index in [1.807, 2.05) is 12.1 Å². The van der Waals surface area contributed by atoms with Gasteiger partial charge in [-0.1, -0.05) is 12.1 Å². The number of fused-ring (bicyclic) bond motifs is 1. The number of aromatic amines is 1. The molecule has 0 aliphatic rings. The molecule has 0 unspecified atom stereocenters. The zero-order chi connectivity index (χ0) is 13.0. The van der Waals surface area contributed by atoms with Crippen molar-refractivity contribution in [2.45, 2.75) is 0 Å². The quantitative estimate of drug-likeness (QED) is 0.778. The van der Waals surface area contributed by atoms with Crippen LogP contribution in [0.3, 0.4) is 0 Å². The van der Waals surface area contributed by atoms with E-state index in [9.17, 15) is 4.79 Å². The van der Waals surface area contributed by atoms with E-state index in [2.05, 4.69) is 10.3 Å². The molecular formula is C13H8N4O. The van der Waals surface area contributed by atoms with Gasteiger partial charge in [0.15, 0.2) is 0 Å². The number of allylic oxidation sites excluding steroid dienone is 1. The summed E-state index contributed by atoms with van der Waals surface area (Å²) in [6, 6.07) is 10.4. The average molecular weight is 236 g/mol. The van der Waals surface area contributed by atoms with Crippen molar-refractivity contribution in [3.63, 3.8) is 0 Å². The lowest BCUT2D eigenvalue weighted by molar-refractivity contribution is 1.27. The van der Waals surface area contributed by atoms with E-state index in [4.69, 9.17) is 10.5 Å². The normalized spacial score (nSPS) is 9.22. The molecule has 0 radical (unpaired) electrons. The maximum absolute atomic E-state index is 11.3. The number of pyridine rings is 1. The van der Waals surface area contributed by atoms with Gasteiger partial charge in [-0.2, -0.15) is 10.5 Å². The van der Waals surface area contributed by atoms with Crippen LogP contribution in [0.4, 0.5) is 5.69 Å². The summed E-state index contributed by atoms with van der Waals surface area (Å²) in [6.45, 7) is 0. The number of H-pyrrole nitrogens is 1. The van der Waals surface area contributed by atoms with Crippen LogP contribution in [0.25, 0.3) is 10.8 Å². The SMILES string of the molecule is N#CC(C#N)=CNc1cccc2c[nH]c(=O)cc12. The molecule has 0 fully saturated rings. The zero-order valence-corrected chi connectivity index (χ0v) is 9.27. The number of nitrogens with one attached hydrogen (secondary N) is 2. The molecule has 0 aliphatic heterocycles. The largest absolute Gasteiger partial charge is 0.359 e. The summed E-state index contributed by atoms with van der Waals surface area (Å²) in [7, 11) is 0. The minimum atomic E-state index is -0.207. The first-order valence-corrected chi connectivity index (χ1v) is 5.13. The predicted molar refractivity (Wildman–Crippen MR) is 67.5 cm³/mol. The van der Waals surface area contributed by atoms with Crippen molar-refractivity contribution in [3.05, 3.63) is 52.6 Å². The summed E-state index contributed by atoms with van der Waals surface area (Å²) >= 11 is 0. The van der Waals surface area contributed by atoms with E-state index in [1.165, 1.54) is 12.3 Å². The minimum Gasteiger partial charge on any atom is -0.359 e. The molecule has 1 heterocycles. The zero-order valence-electron chi connectivity index (χ0n) is 9.27. The molecule has 2 rings (SSSR count). The lowest BCUT2D eigenvalue weighted by Crippen LogP contribution is -2.02.